The summed E-state index contributed by atoms with van der Waals surface area (Å²) in [6, 6.07) is -1.65. The Bertz CT molecular complexity index is 957. The molecule has 1 aliphatic carbocycles. The lowest BCUT2D eigenvalue weighted by atomic mass is 9.87. The first-order valence-corrected chi connectivity index (χ1v) is 15.9. The molecular formula is C28H52N6O6S. The van der Waals surface area contributed by atoms with Crippen LogP contribution in [0.1, 0.15) is 85.5 Å². The van der Waals surface area contributed by atoms with Gasteiger partial charge in [-0.25, -0.2) is 22.4 Å². The molecule has 0 aromatic rings. The zero-order valence-corrected chi connectivity index (χ0v) is 26.8. The number of carboxylic acid groups (broad SMARTS) is 1. The highest BCUT2D eigenvalue weighted by atomic mass is 32.2. The summed E-state index contributed by atoms with van der Waals surface area (Å²) < 4.78 is 15.6. The van der Waals surface area contributed by atoms with Crippen molar-refractivity contribution in [2.45, 2.75) is 103 Å². The summed E-state index contributed by atoms with van der Waals surface area (Å²) in [5.74, 6) is -1.96. The predicted octanol–water partition coefficient (Wildman–Crippen LogP) is 2.08. The van der Waals surface area contributed by atoms with Gasteiger partial charge in [0.15, 0.2) is 11.2 Å². The molecule has 5 atom stereocenters. The van der Waals surface area contributed by atoms with Crippen molar-refractivity contribution >= 4 is 35.0 Å². The smallest absolute Gasteiger partial charge is 0.329 e. The monoisotopic (exact) mass is 600 g/mol. The number of hydrogen-bond acceptors (Lipinski definition) is 5. The molecule has 13 heteroatoms. The molecule has 12 nitrogen and oxygen atoms in total. The summed E-state index contributed by atoms with van der Waals surface area (Å²) in [6.07, 6.45) is 7.69. The third-order valence-electron chi connectivity index (χ3n) is 8.13. The van der Waals surface area contributed by atoms with Crippen molar-refractivity contribution in [2.24, 2.45) is 11.3 Å². The quantitative estimate of drug-likeness (QED) is 0.199. The highest BCUT2D eigenvalue weighted by Crippen LogP contribution is 2.47. The van der Waals surface area contributed by atoms with E-state index in [1.165, 1.54) is 11.3 Å². The number of amides is 4. The van der Waals surface area contributed by atoms with E-state index in [4.69, 9.17) is 0 Å². The van der Waals surface area contributed by atoms with E-state index < -0.39 is 46.6 Å². The van der Waals surface area contributed by atoms with Gasteiger partial charge in [0.05, 0.1) is 6.54 Å². The Morgan fingerprint density at radius 3 is 2.34 bits per heavy atom. The lowest BCUT2D eigenvalue weighted by Crippen LogP contribution is -2.56. The van der Waals surface area contributed by atoms with Crippen molar-refractivity contribution in [3.8, 4) is 0 Å². The van der Waals surface area contributed by atoms with Gasteiger partial charge in [0, 0.05) is 40.3 Å². The van der Waals surface area contributed by atoms with E-state index in [0.29, 0.717) is 32.4 Å². The number of aliphatic carboxylic acids is 1. The number of unbranched alkanes of at least 4 members (excludes halogenated alkanes) is 4. The van der Waals surface area contributed by atoms with Gasteiger partial charge in [-0.2, -0.15) is 0 Å². The zero-order chi connectivity index (χ0) is 31.0. The van der Waals surface area contributed by atoms with Gasteiger partial charge in [-0.3, -0.25) is 9.59 Å². The van der Waals surface area contributed by atoms with Gasteiger partial charge in [0.25, 0.3) is 0 Å². The topological polar surface area (TPSA) is 151 Å². The molecule has 236 valence electrons. The van der Waals surface area contributed by atoms with Crippen LogP contribution in [0.2, 0.25) is 0 Å². The molecule has 1 saturated heterocycles. The lowest BCUT2D eigenvalue weighted by Gasteiger charge is -2.34. The second kappa shape index (κ2) is 15.3. The molecule has 0 bridgehead atoms. The minimum Gasteiger partial charge on any atom is -0.479 e. The van der Waals surface area contributed by atoms with Crippen molar-refractivity contribution in [1.29, 1.82) is 0 Å². The SMILES string of the molecule is CCCCCCCC1C[C@]1(NC(=O)[C@@H]1CCCN1C(=O)CNC(=O)NC(CN(C)S(=O)N(C)C)C(C)(C)C)C(=O)O. The molecule has 1 aliphatic heterocycles. The van der Waals surface area contributed by atoms with Crippen molar-refractivity contribution in [3.63, 3.8) is 0 Å². The Hall–Kier alpha value is -2.25. The third kappa shape index (κ3) is 9.92. The minimum atomic E-state index is -1.36. The van der Waals surface area contributed by atoms with Crippen LogP contribution in [0.3, 0.4) is 0 Å². The predicted molar refractivity (Wildman–Crippen MR) is 159 cm³/mol. The summed E-state index contributed by atoms with van der Waals surface area (Å²) in [6.45, 7) is 8.43. The molecule has 2 aliphatic rings. The van der Waals surface area contributed by atoms with E-state index in [9.17, 15) is 28.5 Å². The second-order valence-electron chi connectivity index (χ2n) is 12.7. The van der Waals surface area contributed by atoms with Crippen LogP contribution in [-0.4, -0.2) is 105 Å². The van der Waals surface area contributed by atoms with E-state index in [2.05, 4.69) is 22.9 Å². The van der Waals surface area contributed by atoms with Crippen molar-refractivity contribution in [2.75, 3.05) is 40.8 Å². The molecule has 4 N–H and O–H groups in total. The fourth-order valence-electron chi connectivity index (χ4n) is 5.38. The average molecular weight is 601 g/mol. The number of likely N-dealkylation sites (tertiary alicyclic amines) is 1. The van der Waals surface area contributed by atoms with E-state index in [-0.39, 0.29) is 23.9 Å². The maximum absolute atomic E-state index is 13.2. The number of carbonyl (C=O) groups is 4. The Labute approximate surface area is 248 Å². The van der Waals surface area contributed by atoms with Crippen LogP contribution in [-0.2, 0) is 25.6 Å². The number of nitrogens with one attached hydrogen (secondary N) is 3. The largest absolute Gasteiger partial charge is 0.479 e. The third-order valence-corrected chi connectivity index (χ3v) is 9.44. The van der Waals surface area contributed by atoms with Gasteiger partial charge in [-0.15, -0.1) is 0 Å². The molecule has 0 radical (unpaired) electrons. The first-order valence-electron chi connectivity index (χ1n) is 14.8. The van der Waals surface area contributed by atoms with Crippen LogP contribution in [0.5, 0.6) is 0 Å². The number of carbonyl (C=O) groups excluding carboxylic acids is 3. The first kappa shape index (κ1) is 34.9. The molecular weight excluding hydrogens is 548 g/mol. The average Bonchev–Trinajstić information content (AvgIpc) is 3.36. The molecule has 2 fully saturated rings. The number of likely N-dealkylation sites (N-methyl/N-ethyl adjacent to an activating group) is 1. The molecule has 3 unspecified atom stereocenters. The Balaban J connectivity index is 1.91. The van der Waals surface area contributed by atoms with Crippen LogP contribution in [0.15, 0.2) is 0 Å². The fourth-order valence-corrected chi connectivity index (χ4v) is 6.22. The number of hydrogen-bond donors (Lipinski definition) is 4. The second-order valence-corrected chi connectivity index (χ2v) is 14.5. The summed E-state index contributed by atoms with van der Waals surface area (Å²) in [5.41, 5.74) is -1.59. The zero-order valence-electron chi connectivity index (χ0n) is 26.0. The van der Waals surface area contributed by atoms with E-state index in [1.54, 1.807) is 29.8 Å². The lowest BCUT2D eigenvalue weighted by molar-refractivity contribution is -0.145. The van der Waals surface area contributed by atoms with Crippen molar-refractivity contribution < 1.29 is 28.5 Å². The van der Waals surface area contributed by atoms with Gasteiger partial charge in [0.1, 0.15) is 11.6 Å². The Kier molecular flexibility index (Phi) is 13.0. The van der Waals surface area contributed by atoms with Crippen LogP contribution in [0.4, 0.5) is 4.79 Å². The molecule has 0 aromatic carbocycles. The van der Waals surface area contributed by atoms with E-state index in [1.807, 2.05) is 20.8 Å². The molecule has 4 amide bonds. The molecule has 0 spiro atoms. The van der Waals surface area contributed by atoms with Crippen LogP contribution in [0, 0.1) is 11.3 Å². The number of rotatable bonds is 16. The fraction of sp³-hybridized carbons (Fsp3) is 0.857. The molecule has 2 rings (SSSR count). The maximum atomic E-state index is 13.2. The number of urea groups is 1. The summed E-state index contributed by atoms with van der Waals surface area (Å²) in [4.78, 5) is 52.5. The highest BCUT2D eigenvalue weighted by Gasteiger charge is 2.61. The van der Waals surface area contributed by atoms with E-state index >= 15 is 0 Å². The Morgan fingerprint density at radius 1 is 1.10 bits per heavy atom. The van der Waals surface area contributed by atoms with Gasteiger partial charge in [0.2, 0.25) is 11.8 Å². The minimum absolute atomic E-state index is 0.0912. The summed E-state index contributed by atoms with van der Waals surface area (Å²) in [7, 11) is 5.12. The van der Waals surface area contributed by atoms with Gasteiger partial charge >= 0.3 is 12.0 Å². The summed E-state index contributed by atoms with van der Waals surface area (Å²) in [5, 5.41) is 18.2. The number of carboxylic acids is 1. The maximum Gasteiger partial charge on any atom is 0.329 e. The first-order chi connectivity index (χ1) is 19.1. The van der Waals surface area contributed by atoms with Crippen LogP contribution in [0.25, 0.3) is 0 Å². The standard InChI is InChI=1S/C28H52N6O6S/c1-8-9-10-11-12-14-20-17-28(20,25(37)38)31-24(36)21-15-13-16-34(21)23(35)18-29-26(39)30-22(27(2,3)4)19-33(7)41(40)32(5)6/h20-22H,8-19H2,1-7H3,(H,31,36)(H,37,38)(H2,29,30,39)/t20?,21-,22?,28+,41?/m0/s1. The van der Waals surface area contributed by atoms with Gasteiger partial charge in [-0.1, -0.05) is 59.8 Å². The van der Waals surface area contributed by atoms with Gasteiger partial charge in [-0.05, 0) is 37.0 Å². The molecule has 41 heavy (non-hydrogen) atoms. The number of nitrogens with zero attached hydrogens (tertiary/aromatic N) is 3. The molecule has 1 saturated carbocycles. The Morgan fingerprint density at radius 2 is 1.76 bits per heavy atom. The van der Waals surface area contributed by atoms with Gasteiger partial charge < -0.3 is 26.0 Å². The van der Waals surface area contributed by atoms with Crippen molar-refractivity contribution in [1.82, 2.24) is 29.5 Å². The van der Waals surface area contributed by atoms with E-state index in [0.717, 1.165) is 32.1 Å². The molecule has 0 aromatic heterocycles. The molecule has 1 heterocycles. The normalized spacial score (nSPS) is 23.8. The van der Waals surface area contributed by atoms with Crippen LogP contribution < -0.4 is 16.0 Å². The summed E-state index contributed by atoms with van der Waals surface area (Å²) >= 11 is -1.36. The highest BCUT2D eigenvalue weighted by molar-refractivity contribution is 7.80. The van der Waals surface area contributed by atoms with Crippen molar-refractivity contribution in [3.05, 3.63) is 0 Å². The van der Waals surface area contributed by atoms with Crippen LogP contribution >= 0.6 is 0 Å².